The highest BCUT2D eigenvalue weighted by Gasteiger charge is 2.41. The molecule has 1 aromatic heterocycles. The molecule has 1 fully saturated rings. The molecule has 2 atom stereocenters. The van der Waals surface area contributed by atoms with Gasteiger partial charge in [0, 0.05) is 27.9 Å². The summed E-state index contributed by atoms with van der Waals surface area (Å²) in [4.78, 5) is 7.70. The van der Waals surface area contributed by atoms with Gasteiger partial charge >= 0.3 is 0 Å². The molecule has 120 valence electrons. The highest BCUT2D eigenvalue weighted by Crippen LogP contribution is 2.39. The Morgan fingerprint density at radius 1 is 1.29 bits per heavy atom. The van der Waals surface area contributed by atoms with Crippen LogP contribution in [-0.2, 0) is 0 Å². The highest BCUT2D eigenvalue weighted by atomic mass is 32.1. The number of nitrogens with zero attached hydrogens (tertiary/aromatic N) is 2. The molecule has 0 radical (unpaired) electrons. The van der Waals surface area contributed by atoms with Crippen LogP contribution >= 0.6 is 11.3 Å². The number of rotatable bonds is 7. The van der Waals surface area contributed by atoms with Gasteiger partial charge in [0.15, 0.2) is 0 Å². The summed E-state index contributed by atoms with van der Waals surface area (Å²) in [6.45, 7) is 5.47. The minimum Gasteiger partial charge on any atom is -0.326 e. The van der Waals surface area contributed by atoms with E-state index in [0.29, 0.717) is 11.6 Å². The zero-order chi connectivity index (χ0) is 15.6. The highest BCUT2D eigenvalue weighted by molar-refractivity contribution is 7.12. The number of aryl methyl sites for hydroxylation is 1. The first kappa shape index (κ1) is 16.9. The summed E-state index contributed by atoms with van der Waals surface area (Å²) in [5, 5.41) is 0. The van der Waals surface area contributed by atoms with E-state index in [4.69, 9.17) is 5.73 Å². The molecule has 1 aromatic rings. The maximum Gasteiger partial charge on any atom is 0.0591 e. The van der Waals surface area contributed by atoms with E-state index in [1.807, 2.05) is 11.3 Å². The van der Waals surface area contributed by atoms with Gasteiger partial charge in [-0.25, -0.2) is 0 Å². The lowest BCUT2D eigenvalue weighted by atomic mass is 9.75. The summed E-state index contributed by atoms with van der Waals surface area (Å²) in [5.41, 5.74) is 6.82. The molecule has 1 aliphatic carbocycles. The van der Waals surface area contributed by atoms with E-state index in [-0.39, 0.29) is 6.04 Å². The monoisotopic (exact) mass is 309 g/mol. The lowest BCUT2D eigenvalue weighted by molar-refractivity contribution is 0.0126. The van der Waals surface area contributed by atoms with Crippen molar-refractivity contribution in [3.63, 3.8) is 0 Å². The van der Waals surface area contributed by atoms with Crippen LogP contribution in [-0.4, -0.2) is 49.1 Å². The van der Waals surface area contributed by atoms with Crippen LogP contribution in [0.1, 0.15) is 48.4 Å². The first-order chi connectivity index (χ1) is 9.89. The smallest absolute Gasteiger partial charge is 0.0591 e. The second kappa shape index (κ2) is 6.78. The maximum atomic E-state index is 6.47. The summed E-state index contributed by atoms with van der Waals surface area (Å²) < 4.78 is 0. The average molecular weight is 310 g/mol. The molecule has 4 heteroatoms. The predicted molar refractivity (Wildman–Crippen MR) is 93.0 cm³/mol. The fourth-order valence-corrected chi connectivity index (χ4v) is 4.60. The second-order valence-corrected chi connectivity index (χ2v) is 8.17. The molecule has 1 heterocycles. The Kier molecular flexibility index (Phi) is 5.47. The van der Waals surface area contributed by atoms with Gasteiger partial charge in [-0.15, -0.1) is 11.3 Å². The van der Waals surface area contributed by atoms with E-state index in [2.05, 4.69) is 56.9 Å². The molecule has 21 heavy (non-hydrogen) atoms. The predicted octanol–water partition coefficient (Wildman–Crippen LogP) is 3.25. The van der Waals surface area contributed by atoms with Gasteiger partial charge in [-0.3, -0.25) is 4.90 Å². The Balaban J connectivity index is 2.16. The van der Waals surface area contributed by atoms with Crippen molar-refractivity contribution in [1.82, 2.24) is 9.80 Å². The Labute approximate surface area is 134 Å². The largest absolute Gasteiger partial charge is 0.326 e. The van der Waals surface area contributed by atoms with E-state index < -0.39 is 0 Å². The van der Waals surface area contributed by atoms with Gasteiger partial charge in [0.25, 0.3) is 0 Å². The molecule has 1 aliphatic rings. The Morgan fingerprint density at radius 3 is 2.33 bits per heavy atom. The number of nitrogens with two attached hydrogens (primary N) is 1. The van der Waals surface area contributed by atoms with Crippen LogP contribution in [0.25, 0.3) is 0 Å². The van der Waals surface area contributed by atoms with Gasteiger partial charge in [-0.1, -0.05) is 6.92 Å². The zero-order valence-electron chi connectivity index (χ0n) is 14.2. The van der Waals surface area contributed by atoms with Crippen molar-refractivity contribution in [2.45, 2.75) is 57.2 Å². The normalized spacial score (nSPS) is 20.6. The number of hydrogen-bond acceptors (Lipinski definition) is 4. The van der Waals surface area contributed by atoms with E-state index in [1.54, 1.807) is 0 Å². The van der Waals surface area contributed by atoms with Crippen LogP contribution in [0.15, 0.2) is 12.1 Å². The summed E-state index contributed by atoms with van der Waals surface area (Å²) in [5.74, 6) is 0. The van der Waals surface area contributed by atoms with Crippen molar-refractivity contribution in [3.05, 3.63) is 21.9 Å². The molecular weight excluding hydrogens is 278 g/mol. The van der Waals surface area contributed by atoms with Crippen LogP contribution in [0, 0.1) is 6.92 Å². The van der Waals surface area contributed by atoms with Crippen LogP contribution in [0.5, 0.6) is 0 Å². The molecule has 0 saturated heterocycles. The number of hydrogen-bond donors (Lipinski definition) is 1. The summed E-state index contributed by atoms with van der Waals surface area (Å²) >= 11 is 1.89. The van der Waals surface area contributed by atoms with Crippen LogP contribution in [0.3, 0.4) is 0 Å². The molecule has 0 amide bonds. The van der Waals surface area contributed by atoms with Gasteiger partial charge in [0.1, 0.15) is 0 Å². The van der Waals surface area contributed by atoms with E-state index >= 15 is 0 Å². The average Bonchev–Trinajstić information content (AvgIpc) is 2.79. The van der Waals surface area contributed by atoms with Gasteiger partial charge in [0.05, 0.1) is 6.04 Å². The molecule has 2 N–H and O–H groups in total. The Morgan fingerprint density at radius 2 is 1.95 bits per heavy atom. The number of thiophene rings is 1. The zero-order valence-corrected chi connectivity index (χ0v) is 15.0. The fraction of sp³-hybridized carbons (Fsp3) is 0.765. The molecule has 0 aliphatic heterocycles. The van der Waals surface area contributed by atoms with Gasteiger partial charge in [0.2, 0.25) is 0 Å². The van der Waals surface area contributed by atoms with E-state index in [1.165, 1.54) is 29.0 Å². The Bertz CT molecular complexity index is 451. The van der Waals surface area contributed by atoms with Crippen molar-refractivity contribution >= 4 is 11.3 Å². The summed E-state index contributed by atoms with van der Waals surface area (Å²) in [6, 6.07) is 5.02. The van der Waals surface area contributed by atoms with Crippen molar-refractivity contribution in [2.75, 3.05) is 27.7 Å². The molecule has 1 saturated carbocycles. The fourth-order valence-electron chi connectivity index (χ4n) is 3.48. The Hall–Kier alpha value is -0.420. The quantitative estimate of drug-likeness (QED) is 0.839. The molecule has 0 bridgehead atoms. The molecular formula is C17H31N3S. The minimum atomic E-state index is 0.201. The van der Waals surface area contributed by atoms with E-state index in [0.717, 1.165) is 13.0 Å². The second-order valence-electron chi connectivity index (χ2n) is 6.85. The first-order valence-electron chi connectivity index (χ1n) is 8.09. The molecule has 0 aromatic carbocycles. The van der Waals surface area contributed by atoms with Crippen LogP contribution in [0.4, 0.5) is 0 Å². The SMILES string of the molecule is CCC(N)C(c1ccc(C)s1)N(C)CC1(N(C)C)CCC1. The molecule has 0 spiro atoms. The third-order valence-electron chi connectivity index (χ3n) is 5.18. The van der Waals surface area contributed by atoms with Crippen molar-refractivity contribution in [1.29, 1.82) is 0 Å². The van der Waals surface area contributed by atoms with Gasteiger partial charge in [-0.05, 0) is 65.9 Å². The van der Waals surface area contributed by atoms with Crippen molar-refractivity contribution in [3.8, 4) is 0 Å². The standard InChI is InChI=1S/C17H31N3S/c1-6-14(18)16(15-9-8-13(2)21-15)20(5)12-17(19(3)4)10-7-11-17/h8-9,14,16H,6-7,10-12,18H2,1-5H3. The third kappa shape index (κ3) is 3.50. The van der Waals surface area contributed by atoms with Gasteiger partial charge < -0.3 is 10.6 Å². The minimum absolute atomic E-state index is 0.201. The first-order valence-corrected chi connectivity index (χ1v) is 8.91. The van der Waals surface area contributed by atoms with Gasteiger partial charge in [-0.2, -0.15) is 0 Å². The van der Waals surface area contributed by atoms with Crippen LogP contribution < -0.4 is 5.73 Å². The number of likely N-dealkylation sites (N-methyl/N-ethyl adjacent to an activating group) is 2. The lowest BCUT2D eigenvalue weighted by Gasteiger charge is -2.50. The third-order valence-corrected chi connectivity index (χ3v) is 6.25. The van der Waals surface area contributed by atoms with Crippen molar-refractivity contribution < 1.29 is 0 Å². The topological polar surface area (TPSA) is 32.5 Å². The molecule has 3 nitrogen and oxygen atoms in total. The van der Waals surface area contributed by atoms with E-state index in [9.17, 15) is 0 Å². The molecule has 2 rings (SSSR count). The summed E-state index contributed by atoms with van der Waals surface area (Å²) in [6.07, 6.45) is 4.99. The molecule has 2 unspecified atom stereocenters. The van der Waals surface area contributed by atoms with Crippen LogP contribution in [0.2, 0.25) is 0 Å². The lowest BCUT2D eigenvalue weighted by Crippen LogP contribution is -2.58. The maximum absolute atomic E-state index is 6.47. The summed E-state index contributed by atoms with van der Waals surface area (Å²) in [7, 11) is 6.69. The van der Waals surface area contributed by atoms with Crippen molar-refractivity contribution in [2.24, 2.45) is 5.73 Å².